The molecule has 2 aliphatic rings. The fourth-order valence-electron chi connectivity index (χ4n) is 3.48. The second-order valence-electron chi connectivity index (χ2n) is 6.93. The maximum absolute atomic E-state index is 12.7. The van der Waals surface area contributed by atoms with Crippen molar-refractivity contribution in [2.45, 2.75) is 44.9 Å². The third-order valence-corrected chi connectivity index (χ3v) is 5.27. The maximum atomic E-state index is 12.7. The highest BCUT2D eigenvalue weighted by Gasteiger charge is 2.66. The number of aliphatic carboxylic acids is 1. The summed E-state index contributed by atoms with van der Waals surface area (Å²) < 4.78 is 16.8. The predicted molar refractivity (Wildman–Crippen MR) is 88.7 cm³/mol. The van der Waals surface area contributed by atoms with Crippen molar-refractivity contribution >= 4 is 11.9 Å². The fourth-order valence-corrected chi connectivity index (χ4v) is 3.48. The molecule has 1 aromatic carbocycles. The number of carboxylic acids is 1. The largest absolute Gasteiger partial charge is 0.485 e. The highest BCUT2D eigenvalue weighted by molar-refractivity contribution is 5.91. The third-order valence-electron chi connectivity index (χ3n) is 5.27. The summed E-state index contributed by atoms with van der Waals surface area (Å²) in [6, 6.07) is 7.06. The summed E-state index contributed by atoms with van der Waals surface area (Å²) in [4.78, 5) is 24.6. The van der Waals surface area contributed by atoms with E-state index in [1.165, 1.54) is 0 Å². The number of carbonyl (C=O) groups is 2. The summed E-state index contributed by atoms with van der Waals surface area (Å²) in [6.07, 6.45) is -0.898. The van der Waals surface area contributed by atoms with Gasteiger partial charge in [0.25, 0.3) is 5.91 Å². The molecule has 3 atom stereocenters. The molecule has 1 fully saturated rings. The molecular weight excluding hydrogens is 326 g/mol. The minimum Gasteiger partial charge on any atom is -0.485 e. The van der Waals surface area contributed by atoms with Crippen LogP contribution in [-0.2, 0) is 14.3 Å². The van der Waals surface area contributed by atoms with E-state index in [-0.39, 0.29) is 19.1 Å². The van der Waals surface area contributed by atoms with E-state index in [0.29, 0.717) is 18.1 Å². The van der Waals surface area contributed by atoms with Gasteiger partial charge < -0.3 is 24.6 Å². The quantitative estimate of drug-likeness (QED) is 0.839. The lowest BCUT2D eigenvalue weighted by molar-refractivity contribution is -0.195. The summed E-state index contributed by atoms with van der Waals surface area (Å²) in [6.45, 7) is 5.97. The smallest absolute Gasteiger partial charge is 0.330 e. The van der Waals surface area contributed by atoms with Gasteiger partial charge in [0.05, 0.1) is 6.10 Å². The Bertz CT molecular complexity index is 688. The van der Waals surface area contributed by atoms with E-state index in [1.807, 2.05) is 13.0 Å². The molecule has 1 saturated carbocycles. The number of ether oxygens (including phenoxy) is 3. The number of rotatable bonds is 5. The van der Waals surface area contributed by atoms with Crippen LogP contribution in [0.2, 0.25) is 0 Å². The van der Waals surface area contributed by atoms with Gasteiger partial charge in [0.2, 0.25) is 6.10 Å². The molecule has 1 heterocycles. The second-order valence-corrected chi connectivity index (χ2v) is 6.93. The number of carbonyl (C=O) groups excluding carboxylic acids is 1. The first-order chi connectivity index (χ1) is 11.8. The number of benzene rings is 1. The normalized spacial score (nSPS) is 29.4. The van der Waals surface area contributed by atoms with Crippen LogP contribution in [0.25, 0.3) is 0 Å². The van der Waals surface area contributed by atoms with E-state index < -0.39 is 28.9 Å². The van der Waals surface area contributed by atoms with Gasteiger partial charge in [-0.2, -0.15) is 0 Å². The van der Waals surface area contributed by atoms with Crippen molar-refractivity contribution in [3.8, 4) is 11.5 Å². The predicted octanol–water partition coefficient (Wildman–Crippen LogP) is 1.60. The van der Waals surface area contributed by atoms with Crippen molar-refractivity contribution in [1.82, 2.24) is 5.32 Å². The summed E-state index contributed by atoms with van der Waals surface area (Å²) in [5, 5.41) is 12.5. The summed E-state index contributed by atoms with van der Waals surface area (Å²) in [7, 11) is 0. The minimum atomic E-state index is -1.38. The Labute approximate surface area is 146 Å². The first kappa shape index (κ1) is 17.5. The monoisotopic (exact) mass is 349 g/mol. The second kappa shape index (κ2) is 6.22. The average molecular weight is 349 g/mol. The Morgan fingerprint density at radius 1 is 1.32 bits per heavy atom. The molecule has 3 unspecified atom stereocenters. The zero-order chi connectivity index (χ0) is 18.2. The standard InChI is InChI=1S/C18H23NO6/c1-4-23-14-9-18(16(21)22,17(14,2)3)19-15(20)13-10-24-11-7-5-6-8-12(11)25-13/h5-8,13-14H,4,9-10H2,1-3H3,(H,19,20)(H,21,22). The Morgan fingerprint density at radius 3 is 2.60 bits per heavy atom. The van der Waals surface area contributed by atoms with Crippen LogP contribution >= 0.6 is 0 Å². The van der Waals surface area contributed by atoms with Gasteiger partial charge in [-0.25, -0.2) is 4.79 Å². The first-order valence-electron chi connectivity index (χ1n) is 8.37. The van der Waals surface area contributed by atoms with Crippen LogP contribution in [0.3, 0.4) is 0 Å². The number of para-hydroxylation sites is 2. The van der Waals surface area contributed by atoms with E-state index in [4.69, 9.17) is 14.2 Å². The van der Waals surface area contributed by atoms with Gasteiger partial charge in [-0.1, -0.05) is 26.0 Å². The van der Waals surface area contributed by atoms with Gasteiger partial charge in [0, 0.05) is 18.4 Å². The van der Waals surface area contributed by atoms with Crippen LogP contribution in [0.1, 0.15) is 27.2 Å². The van der Waals surface area contributed by atoms with Gasteiger partial charge in [0.15, 0.2) is 11.5 Å². The van der Waals surface area contributed by atoms with Gasteiger partial charge in [-0.15, -0.1) is 0 Å². The molecule has 0 aromatic heterocycles. The number of amides is 1. The molecular formula is C18H23NO6. The molecule has 0 radical (unpaired) electrons. The summed E-state index contributed by atoms with van der Waals surface area (Å²) >= 11 is 0. The minimum absolute atomic E-state index is 0.0356. The van der Waals surface area contributed by atoms with Gasteiger partial charge in [-0.3, -0.25) is 4.79 Å². The lowest BCUT2D eigenvalue weighted by atomic mass is 9.54. The summed E-state index contributed by atoms with van der Waals surface area (Å²) in [5.74, 6) is -0.530. The molecule has 1 aromatic rings. The van der Waals surface area contributed by atoms with Gasteiger partial charge in [0.1, 0.15) is 12.1 Å². The zero-order valence-corrected chi connectivity index (χ0v) is 14.6. The van der Waals surface area contributed by atoms with Crippen molar-refractivity contribution in [2.24, 2.45) is 5.41 Å². The van der Waals surface area contributed by atoms with Crippen molar-refractivity contribution < 1.29 is 28.9 Å². The molecule has 7 nitrogen and oxygen atoms in total. The van der Waals surface area contributed by atoms with Crippen LogP contribution in [0.4, 0.5) is 0 Å². The molecule has 25 heavy (non-hydrogen) atoms. The lowest BCUT2D eigenvalue weighted by Gasteiger charge is -2.58. The van der Waals surface area contributed by atoms with Crippen LogP contribution in [-0.4, -0.2) is 47.9 Å². The molecule has 1 aliphatic heterocycles. The molecule has 0 spiro atoms. The maximum Gasteiger partial charge on any atom is 0.330 e. The van der Waals surface area contributed by atoms with Crippen LogP contribution in [0.5, 0.6) is 11.5 Å². The average Bonchev–Trinajstić information content (AvgIpc) is 2.59. The first-order valence-corrected chi connectivity index (χ1v) is 8.37. The number of nitrogens with one attached hydrogen (secondary N) is 1. The van der Waals surface area contributed by atoms with Gasteiger partial charge >= 0.3 is 5.97 Å². The summed E-state index contributed by atoms with van der Waals surface area (Å²) in [5.41, 5.74) is -2.12. The number of fused-ring (bicyclic) bond motifs is 1. The molecule has 7 heteroatoms. The molecule has 1 aliphatic carbocycles. The Hall–Kier alpha value is -2.28. The van der Waals surface area contributed by atoms with E-state index in [9.17, 15) is 14.7 Å². The number of carboxylic acid groups (broad SMARTS) is 1. The van der Waals surface area contributed by atoms with E-state index in [0.717, 1.165) is 0 Å². The van der Waals surface area contributed by atoms with Crippen molar-refractivity contribution in [3.63, 3.8) is 0 Å². The molecule has 0 bridgehead atoms. The Balaban J connectivity index is 1.74. The molecule has 136 valence electrons. The van der Waals surface area contributed by atoms with E-state index >= 15 is 0 Å². The van der Waals surface area contributed by atoms with Crippen molar-refractivity contribution in [2.75, 3.05) is 13.2 Å². The Kier molecular flexibility index (Phi) is 4.36. The number of hydrogen-bond donors (Lipinski definition) is 2. The van der Waals surface area contributed by atoms with E-state index in [1.54, 1.807) is 32.0 Å². The van der Waals surface area contributed by atoms with Crippen LogP contribution in [0.15, 0.2) is 24.3 Å². The lowest BCUT2D eigenvalue weighted by Crippen LogP contribution is -2.77. The highest BCUT2D eigenvalue weighted by atomic mass is 16.6. The zero-order valence-electron chi connectivity index (χ0n) is 14.6. The van der Waals surface area contributed by atoms with E-state index in [2.05, 4.69) is 5.32 Å². The molecule has 2 N–H and O–H groups in total. The SMILES string of the molecule is CCOC1CC(NC(=O)C2COc3ccccc3O2)(C(=O)O)C1(C)C. The molecule has 3 rings (SSSR count). The Morgan fingerprint density at radius 2 is 2.00 bits per heavy atom. The third kappa shape index (κ3) is 2.72. The number of hydrogen-bond acceptors (Lipinski definition) is 5. The van der Waals surface area contributed by atoms with Gasteiger partial charge in [-0.05, 0) is 19.1 Å². The molecule has 1 amide bonds. The van der Waals surface area contributed by atoms with Crippen molar-refractivity contribution in [3.05, 3.63) is 24.3 Å². The van der Waals surface area contributed by atoms with Crippen molar-refractivity contribution in [1.29, 1.82) is 0 Å². The van der Waals surface area contributed by atoms with Crippen LogP contribution in [0, 0.1) is 5.41 Å². The highest BCUT2D eigenvalue weighted by Crippen LogP contribution is 2.51. The van der Waals surface area contributed by atoms with Crippen LogP contribution < -0.4 is 14.8 Å². The fraction of sp³-hybridized carbons (Fsp3) is 0.556. The molecule has 0 saturated heterocycles. The topological polar surface area (TPSA) is 94.1 Å².